The molecule has 3 unspecified atom stereocenters. The smallest absolute Gasteiger partial charge is 0.308 e. The standard InChI is InChI=1S/C66H124N2O11/c1-9-15-20-25-27-33-44-57(42-31-22-17-11-3)65(73)75-53-38-29-36-47-62(70)77-55-59(68(52-40-51-67(7)8)61(69)49-50-64(72)79-60(41-14-6)46-35-24-19-13-5)56-78-63(71)48-37-30-39-54-76-66(74)58(43-32-23-18-12-4)45-34-28-26-21-16-10-2/h57-60H,9-56H2,1-8H3. The summed E-state index contributed by atoms with van der Waals surface area (Å²) in [6, 6.07) is -0.763. The lowest BCUT2D eigenvalue weighted by Crippen LogP contribution is -2.47. The van der Waals surface area contributed by atoms with E-state index in [1.165, 1.54) is 64.2 Å². The van der Waals surface area contributed by atoms with Crippen molar-refractivity contribution in [3.05, 3.63) is 0 Å². The van der Waals surface area contributed by atoms with Crippen LogP contribution in [0.15, 0.2) is 0 Å². The SMILES string of the molecule is CCCCCCCCC(CCCCCC)C(=O)OCCCCCC(=O)OCC(COC(=O)CCCCCOC(=O)C(CCCCCC)CCCCCCCC)N(CCCN(C)C)C(=O)CCC(=O)OC(CCC)CCCCCC. The molecule has 0 aliphatic carbocycles. The number of hydrogen-bond donors (Lipinski definition) is 0. The highest BCUT2D eigenvalue weighted by Gasteiger charge is 2.28. The van der Waals surface area contributed by atoms with Crippen LogP contribution in [0.2, 0.25) is 0 Å². The number of unbranched alkanes of at least 4 members (excludes halogenated alkanes) is 23. The highest BCUT2D eigenvalue weighted by Crippen LogP contribution is 2.23. The third kappa shape index (κ3) is 46.0. The fourth-order valence-corrected chi connectivity index (χ4v) is 10.2. The molecule has 0 aromatic carbocycles. The van der Waals surface area contributed by atoms with E-state index in [0.717, 1.165) is 135 Å². The van der Waals surface area contributed by atoms with E-state index < -0.39 is 23.9 Å². The Balaban J connectivity index is 5.69. The van der Waals surface area contributed by atoms with Crippen molar-refractivity contribution >= 4 is 35.8 Å². The highest BCUT2D eigenvalue weighted by atomic mass is 16.6. The summed E-state index contributed by atoms with van der Waals surface area (Å²) in [4.78, 5) is 83.9. The van der Waals surface area contributed by atoms with Gasteiger partial charge in [-0.05, 0) is 111 Å². The topological polar surface area (TPSA) is 155 Å². The van der Waals surface area contributed by atoms with E-state index >= 15 is 0 Å². The van der Waals surface area contributed by atoms with Crippen LogP contribution in [0.25, 0.3) is 0 Å². The first-order chi connectivity index (χ1) is 38.4. The van der Waals surface area contributed by atoms with Crippen molar-refractivity contribution in [3.63, 3.8) is 0 Å². The Morgan fingerprint density at radius 2 is 0.722 bits per heavy atom. The summed E-state index contributed by atoms with van der Waals surface area (Å²) in [5.41, 5.74) is 0. The highest BCUT2D eigenvalue weighted by molar-refractivity contribution is 5.82. The van der Waals surface area contributed by atoms with Gasteiger partial charge in [-0.25, -0.2) is 0 Å². The van der Waals surface area contributed by atoms with Crippen molar-refractivity contribution < 1.29 is 52.5 Å². The van der Waals surface area contributed by atoms with E-state index in [4.69, 9.17) is 23.7 Å². The number of carbonyl (C=O) groups is 6. The zero-order valence-corrected chi connectivity index (χ0v) is 52.6. The van der Waals surface area contributed by atoms with Gasteiger partial charge in [0.05, 0.1) is 37.5 Å². The van der Waals surface area contributed by atoms with Crippen molar-refractivity contribution in [3.8, 4) is 0 Å². The number of rotatable bonds is 58. The van der Waals surface area contributed by atoms with Crippen LogP contribution in [-0.4, -0.2) is 111 Å². The zero-order valence-electron chi connectivity index (χ0n) is 52.6. The van der Waals surface area contributed by atoms with Crippen molar-refractivity contribution in [1.29, 1.82) is 0 Å². The van der Waals surface area contributed by atoms with Gasteiger partial charge in [-0.3, -0.25) is 28.8 Å². The number of hydrogen-bond acceptors (Lipinski definition) is 12. The summed E-state index contributed by atoms with van der Waals surface area (Å²) in [6.45, 7) is 14.4. The predicted molar refractivity (Wildman–Crippen MR) is 323 cm³/mol. The van der Waals surface area contributed by atoms with Gasteiger partial charge in [0.15, 0.2) is 0 Å². The Kier molecular flexibility index (Phi) is 53.1. The van der Waals surface area contributed by atoms with Gasteiger partial charge >= 0.3 is 29.8 Å². The Morgan fingerprint density at radius 3 is 1.13 bits per heavy atom. The van der Waals surface area contributed by atoms with E-state index in [-0.39, 0.29) is 74.7 Å². The van der Waals surface area contributed by atoms with Crippen LogP contribution >= 0.6 is 0 Å². The molecule has 0 rings (SSSR count). The van der Waals surface area contributed by atoms with Gasteiger partial charge in [-0.2, -0.15) is 0 Å². The van der Waals surface area contributed by atoms with Crippen LogP contribution in [-0.2, 0) is 52.5 Å². The van der Waals surface area contributed by atoms with Crippen molar-refractivity contribution in [1.82, 2.24) is 9.80 Å². The summed E-state index contributed by atoms with van der Waals surface area (Å²) >= 11 is 0. The van der Waals surface area contributed by atoms with Gasteiger partial charge in [-0.1, -0.05) is 196 Å². The summed E-state index contributed by atoms with van der Waals surface area (Å²) in [7, 11) is 3.92. The van der Waals surface area contributed by atoms with E-state index in [1.54, 1.807) is 4.90 Å². The lowest BCUT2D eigenvalue weighted by molar-refractivity contribution is -0.156. The molecule has 0 saturated carbocycles. The maximum absolute atomic E-state index is 14.1. The number of nitrogens with zero attached hydrogens (tertiary/aromatic N) is 2. The molecule has 13 heteroatoms. The molecule has 0 spiro atoms. The Morgan fingerprint density at radius 1 is 0.342 bits per heavy atom. The summed E-state index contributed by atoms with van der Waals surface area (Å²) in [6.07, 6.45) is 38.1. The normalized spacial score (nSPS) is 12.9. The van der Waals surface area contributed by atoms with Crippen LogP contribution in [0.3, 0.4) is 0 Å². The van der Waals surface area contributed by atoms with Gasteiger partial charge in [0, 0.05) is 25.8 Å². The van der Waals surface area contributed by atoms with E-state index in [2.05, 4.69) is 41.5 Å². The molecule has 0 bridgehead atoms. The molecule has 0 aliphatic heterocycles. The first-order valence-corrected chi connectivity index (χ1v) is 33.1. The lowest BCUT2D eigenvalue weighted by atomic mass is 9.94. The molecule has 0 fully saturated rings. The quantitative estimate of drug-likeness (QED) is 0.0323. The Labute approximate surface area is 485 Å². The van der Waals surface area contributed by atoms with Crippen molar-refractivity contribution in [2.45, 2.75) is 323 Å². The van der Waals surface area contributed by atoms with Crippen molar-refractivity contribution in [2.24, 2.45) is 11.8 Å². The molecule has 0 heterocycles. The van der Waals surface area contributed by atoms with Crippen LogP contribution in [0, 0.1) is 11.8 Å². The van der Waals surface area contributed by atoms with Crippen LogP contribution in [0.1, 0.15) is 311 Å². The minimum absolute atomic E-state index is 0.0537. The minimum Gasteiger partial charge on any atom is -0.465 e. The maximum Gasteiger partial charge on any atom is 0.308 e. The number of esters is 5. The van der Waals surface area contributed by atoms with Gasteiger partial charge in [0.1, 0.15) is 19.3 Å². The second-order valence-electron chi connectivity index (χ2n) is 23.2. The zero-order chi connectivity index (χ0) is 58.4. The largest absolute Gasteiger partial charge is 0.465 e. The van der Waals surface area contributed by atoms with E-state index in [0.29, 0.717) is 71.2 Å². The fourth-order valence-electron chi connectivity index (χ4n) is 10.2. The molecule has 0 aromatic rings. The molecule has 0 saturated heterocycles. The molecule has 0 aromatic heterocycles. The van der Waals surface area contributed by atoms with E-state index in [1.807, 2.05) is 19.0 Å². The van der Waals surface area contributed by atoms with Crippen LogP contribution in [0.5, 0.6) is 0 Å². The Hall–Kier alpha value is -3.22. The molecule has 0 aliphatic rings. The molecule has 79 heavy (non-hydrogen) atoms. The number of ether oxygens (including phenoxy) is 5. The molecule has 464 valence electrons. The lowest BCUT2D eigenvalue weighted by Gasteiger charge is -2.32. The number of amides is 1. The average molecular weight is 1120 g/mol. The maximum atomic E-state index is 14.1. The molecule has 13 nitrogen and oxygen atoms in total. The van der Waals surface area contributed by atoms with Crippen molar-refractivity contribution in [2.75, 3.05) is 53.6 Å². The van der Waals surface area contributed by atoms with Gasteiger partial charge in [0.25, 0.3) is 0 Å². The third-order valence-electron chi connectivity index (χ3n) is 15.3. The second kappa shape index (κ2) is 55.3. The Bertz CT molecular complexity index is 1400. The average Bonchev–Trinajstić information content (AvgIpc) is 3.43. The summed E-state index contributed by atoms with van der Waals surface area (Å²) in [5, 5.41) is 0. The molecule has 0 N–H and O–H groups in total. The van der Waals surface area contributed by atoms with E-state index in [9.17, 15) is 28.8 Å². The molecule has 3 atom stereocenters. The van der Waals surface area contributed by atoms with Crippen LogP contribution < -0.4 is 0 Å². The van der Waals surface area contributed by atoms with Gasteiger partial charge in [0.2, 0.25) is 5.91 Å². The van der Waals surface area contributed by atoms with Crippen LogP contribution in [0.4, 0.5) is 0 Å². The van der Waals surface area contributed by atoms with Gasteiger partial charge in [-0.15, -0.1) is 0 Å². The minimum atomic E-state index is -0.763. The molecule has 1 amide bonds. The molecular formula is C66H124N2O11. The second-order valence-corrected chi connectivity index (χ2v) is 23.2. The molecule has 0 radical (unpaired) electrons. The summed E-state index contributed by atoms with van der Waals surface area (Å²) in [5.74, 6) is -1.83. The molecular weight excluding hydrogens is 997 g/mol. The number of carbonyl (C=O) groups excluding carboxylic acids is 6. The third-order valence-corrected chi connectivity index (χ3v) is 15.3. The monoisotopic (exact) mass is 1120 g/mol. The first kappa shape index (κ1) is 75.8. The summed E-state index contributed by atoms with van der Waals surface area (Å²) < 4.78 is 29.1. The first-order valence-electron chi connectivity index (χ1n) is 33.1. The predicted octanol–water partition coefficient (Wildman–Crippen LogP) is 16.6. The van der Waals surface area contributed by atoms with Gasteiger partial charge < -0.3 is 33.5 Å². The fraction of sp³-hybridized carbons (Fsp3) is 0.909.